The molecule has 0 atom stereocenters. The van der Waals surface area contributed by atoms with E-state index in [0.717, 1.165) is 0 Å². The number of rotatable bonds is 9. The highest BCUT2D eigenvalue weighted by molar-refractivity contribution is 7.87. The molecule has 7 heteroatoms. The van der Waals surface area contributed by atoms with Crippen LogP contribution >= 0.6 is 0 Å². The van der Waals surface area contributed by atoms with Gasteiger partial charge in [0.1, 0.15) is 16.4 Å². The van der Waals surface area contributed by atoms with E-state index in [1.165, 1.54) is 19.2 Å². The van der Waals surface area contributed by atoms with E-state index < -0.39 is 10.1 Å². The molecule has 0 radical (unpaired) electrons. The van der Waals surface area contributed by atoms with Crippen molar-refractivity contribution in [2.75, 3.05) is 13.7 Å². The number of amides is 1. The molecule has 0 heterocycles. The molecule has 0 bridgehead atoms. The minimum Gasteiger partial charge on any atom is -0.497 e. The first kappa shape index (κ1) is 22.7. The maximum absolute atomic E-state index is 12.7. The van der Waals surface area contributed by atoms with E-state index in [1.807, 2.05) is 27.7 Å². The maximum atomic E-state index is 12.7. The highest BCUT2D eigenvalue weighted by Gasteiger charge is 2.22. The minimum atomic E-state index is -4.02. The van der Waals surface area contributed by atoms with Gasteiger partial charge < -0.3 is 13.8 Å². The Balaban J connectivity index is 2.30. The van der Waals surface area contributed by atoms with Gasteiger partial charge in [-0.3, -0.25) is 4.79 Å². The van der Waals surface area contributed by atoms with Crippen LogP contribution in [0.5, 0.6) is 11.5 Å². The third kappa shape index (κ3) is 6.22. The van der Waals surface area contributed by atoms with Crippen molar-refractivity contribution in [3.8, 4) is 11.5 Å². The van der Waals surface area contributed by atoms with Gasteiger partial charge >= 0.3 is 10.1 Å². The Morgan fingerprint density at radius 3 is 2.17 bits per heavy atom. The van der Waals surface area contributed by atoms with Crippen LogP contribution in [-0.4, -0.2) is 32.9 Å². The second-order valence-electron chi connectivity index (χ2n) is 7.59. The smallest absolute Gasteiger partial charge is 0.339 e. The van der Waals surface area contributed by atoms with Crippen molar-refractivity contribution in [1.82, 2.24) is 4.90 Å². The van der Waals surface area contributed by atoms with Crippen molar-refractivity contribution in [3.05, 3.63) is 54.1 Å². The second kappa shape index (κ2) is 9.78. The van der Waals surface area contributed by atoms with Gasteiger partial charge in [0, 0.05) is 24.6 Å². The van der Waals surface area contributed by atoms with E-state index >= 15 is 0 Å². The van der Waals surface area contributed by atoms with Crippen LogP contribution in [0.4, 0.5) is 0 Å². The van der Waals surface area contributed by atoms with Crippen LogP contribution in [0, 0.1) is 11.8 Å². The first-order valence-electron chi connectivity index (χ1n) is 9.59. The number of hydrogen-bond donors (Lipinski definition) is 0. The Morgan fingerprint density at radius 1 is 1.00 bits per heavy atom. The zero-order valence-electron chi connectivity index (χ0n) is 17.6. The first-order valence-corrected chi connectivity index (χ1v) is 11.0. The summed E-state index contributed by atoms with van der Waals surface area (Å²) in [5.74, 6) is 0.930. The largest absolute Gasteiger partial charge is 0.497 e. The summed E-state index contributed by atoms with van der Waals surface area (Å²) in [5, 5.41) is 0. The van der Waals surface area contributed by atoms with Gasteiger partial charge in [0.2, 0.25) is 5.91 Å². The maximum Gasteiger partial charge on any atom is 0.339 e. The van der Waals surface area contributed by atoms with Crippen LogP contribution in [0.1, 0.15) is 33.3 Å². The number of hydrogen-bond acceptors (Lipinski definition) is 5. The summed E-state index contributed by atoms with van der Waals surface area (Å²) in [7, 11) is -2.50. The monoisotopic (exact) mass is 419 g/mol. The molecule has 0 aliphatic heterocycles. The molecule has 0 unspecified atom stereocenters. The molecule has 2 aromatic rings. The predicted octanol–water partition coefficient (Wildman–Crippen LogP) is 4.10. The van der Waals surface area contributed by atoms with Crippen LogP contribution in [0.15, 0.2) is 53.4 Å². The van der Waals surface area contributed by atoms with E-state index in [4.69, 9.17) is 8.92 Å². The van der Waals surface area contributed by atoms with Crippen molar-refractivity contribution in [2.45, 2.75) is 39.1 Å². The topological polar surface area (TPSA) is 72.9 Å². The first-order chi connectivity index (χ1) is 13.6. The number of methoxy groups -OCH3 is 1. The van der Waals surface area contributed by atoms with Crippen molar-refractivity contribution >= 4 is 16.0 Å². The Kier molecular flexibility index (Phi) is 7.67. The van der Waals surface area contributed by atoms with Crippen LogP contribution in [0.2, 0.25) is 0 Å². The Bertz CT molecular complexity index is 920. The molecule has 1 amide bonds. The molecule has 0 saturated heterocycles. The fourth-order valence-electron chi connectivity index (χ4n) is 2.87. The van der Waals surface area contributed by atoms with Gasteiger partial charge in [-0.15, -0.1) is 0 Å². The molecule has 29 heavy (non-hydrogen) atoms. The lowest BCUT2D eigenvalue weighted by Gasteiger charge is -2.27. The van der Waals surface area contributed by atoms with Crippen molar-refractivity contribution in [1.29, 1.82) is 0 Å². The van der Waals surface area contributed by atoms with Crippen LogP contribution < -0.4 is 8.92 Å². The number of carbonyl (C=O) groups excluding carboxylic acids is 1. The summed E-state index contributed by atoms with van der Waals surface area (Å²) in [6.45, 7) is 8.65. The average Bonchev–Trinajstić information content (AvgIpc) is 2.67. The van der Waals surface area contributed by atoms with Crippen LogP contribution in [0.25, 0.3) is 0 Å². The molecule has 0 aromatic heterocycles. The summed E-state index contributed by atoms with van der Waals surface area (Å²) < 4.78 is 35.9. The minimum absolute atomic E-state index is 0.0199. The fourth-order valence-corrected chi connectivity index (χ4v) is 3.83. The summed E-state index contributed by atoms with van der Waals surface area (Å²) in [6, 6.07) is 12.9. The van der Waals surface area contributed by atoms with Gasteiger partial charge in [-0.25, -0.2) is 0 Å². The molecule has 6 nitrogen and oxygen atoms in total. The van der Waals surface area contributed by atoms with Crippen molar-refractivity contribution < 1.29 is 22.1 Å². The number of benzene rings is 2. The highest BCUT2D eigenvalue weighted by Crippen LogP contribution is 2.26. The summed E-state index contributed by atoms with van der Waals surface area (Å²) >= 11 is 0. The Morgan fingerprint density at radius 2 is 1.62 bits per heavy atom. The number of nitrogens with zero attached hydrogens (tertiary/aromatic N) is 1. The molecule has 0 spiro atoms. The Hall–Kier alpha value is -2.54. The molecular weight excluding hydrogens is 390 g/mol. The lowest BCUT2D eigenvalue weighted by molar-refractivity contribution is -0.135. The zero-order valence-corrected chi connectivity index (χ0v) is 18.4. The zero-order chi connectivity index (χ0) is 21.6. The number of ether oxygens (including phenoxy) is 1. The molecular formula is C22H29NO5S. The van der Waals surface area contributed by atoms with Gasteiger partial charge in [-0.2, -0.15) is 8.42 Å². The van der Waals surface area contributed by atoms with Crippen molar-refractivity contribution in [2.24, 2.45) is 11.8 Å². The normalized spacial score (nSPS) is 11.6. The lowest BCUT2D eigenvalue weighted by Crippen LogP contribution is -2.36. The number of carbonyl (C=O) groups is 1. The summed E-state index contributed by atoms with van der Waals surface area (Å²) in [4.78, 5) is 14.4. The third-order valence-electron chi connectivity index (χ3n) is 4.27. The van der Waals surface area contributed by atoms with E-state index in [9.17, 15) is 13.2 Å². The predicted molar refractivity (Wildman–Crippen MR) is 112 cm³/mol. The lowest BCUT2D eigenvalue weighted by atomic mass is 10.1. The highest BCUT2D eigenvalue weighted by atomic mass is 32.2. The molecule has 0 saturated carbocycles. The molecule has 0 aliphatic rings. The van der Waals surface area contributed by atoms with Gasteiger partial charge in [0.05, 0.1) is 7.11 Å². The second-order valence-corrected chi connectivity index (χ2v) is 9.13. The SMILES string of the molecule is COc1ccc(S(=O)(=O)Oc2ccccc2CN(CC(C)C)C(=O)C(C)C)cc1. The standard InChI is InChI=1S/C22H29NO5S/c1-16(2)14-23(22(24)17(3)4)15-18-8-6-7-9-21(18)28-29(25,26)20-12-10-19(27-5)11-13-20/h6-13,16-17H,14-15H2,1-5H3. The molecule has 0 aliphatic carbocycles. The van der Waals surface area contributed by atoms with Gasteiger partial charge in [0.25, 0.3) is 0 Å². The van der Waals surface area contributed by atoms with Gasteiger partial charge in [-0.05, 0) is 36.2 Å². The average molecular weight is 420 g/mol. The van der Waals surface area contributed by atoms with Crippen LogP contribution in [0.3, 0.4) is 0 Å². The molecule has 2 rings (SSSR count). The van der Waals surface area contributed by atoms with Crippen LogP contribution in [-0.2, 0) is 21.5 Å². The van der Waals surface area contributed by atoms with E-state index in [1.54, 1.807) is 41.3 Å². The summed E-state index contributed by atoms with van der Waals surface area (Å²) in [5.41, 5.74) is 0.638. The molecule has 0 N–H and O–H groups in total. The quantitative estimate of drug-likeness (QED) is 0.572. The Labute approximate surface area is 173 Å². The molecule has 158 valence electrons. The van der Waals surface area contributed by atoms with E-state index in [0.29, 0.717) is 17.9 Å². The van der Waals surface area contributed by atoms with Gasteiger partial charge in [-0.1, -0.05) is 45.9 Å². The van der Waals surface area contributed by atoms with E-state index in [2.05, 4.69) is 0 Å². The molecule has 2 aromatic carbocycles. The number of para-hydroxylation sites is 1. The van der Waals surface area contributed by atoms with Crippen molar-refractivity contribution in [3.63, 3.8) is 0 Å². The molecule has 0 fully saturated rings. The summed E-state index contributed by atoms with van der Waals surface area (Å²) in [6.07, 6.45) is 0. The fraction of sp³-hybridized carbons (Fsp3) is 0.409. The third-order valence-corrected chi connectivity index (χ3v) is 5.52. The van der Waals surface area contributed by atoms with E-state index in [-0.39, 0.29) is 34.9 Å². The van der Waals surface area contributed by atoms with Gasteiger partial charge in [0.15, 0.2) is 0 Å².